The molecular weight excluding hydrogens is 272 g/mol. The maximum atomic E-state index is 6.14. The minimum absolute atomic E-state index is 0.462. The largest absolute Gasteiger partial charge is 0.439 e. The molecule has 1 aromatic carbocycles. The van der Waals surface area contributed by atoms with Crippen LogP contribution in [0.1, 0.15) is 37.2 Å². The summed E-state index contributed by atoms with van der Waals surface area (Å²) in [6, 6.07) is 8.02. The van der Waals surface area contributed by atoms with Gasteiger partial charge in [-0.25, -0.2) is 4.98 Å². The average Bonchev–Trinajstić information content (AvgIpc) is 2.45. The molecule has 0 saturated carbocycles. The number of hydrogen-bond acceptors (Lipinski definition) is 3. The van der Waals surface area contributed by atoms with Gasteiger partial charge in [-0.15, -0.1) is 0 Å². The Balaban J connectivity index is 2.26. The van der Waals surface area contributed by atoms with Crippen LogP contribution in [0.15, 0.2) is 24.3 Å². The first-order chi connectivity index (χ1) is 9.63. The third kappa shape index (κ3) is 3.48. The summed E-state index contributed by atoms with van der Waals surface area (Å²) in [5.74, 6) is 2.03. The maximum absolute atomic E-state index is 6.14. The number of rotatable bonds is 5. The molecule has 0 unspecified atom stereocenters. The van der Waals surface area contributed by atoms with Gasteiger partial charge < -0.3 is 4.74 Å². The number of halogens is 1. The van der Waals surface area contributed by atoms with Crippen LogP contribution >= 0.6 is 11.6 Å². The topological polar surface area (TPSA) is 35.0 Å². The first-order valence-corrected chi connectivity index (χ1v) is 7.31. The molecule has 20 heavy (non-hydrogen) atoms. The number of benzene rings is 1. The van der Waals surface area contributed by atoms with Crippen molar-refractivity contribution in [3.05, 3.63) is 46.4 Å². The third-order valence-electron chi connectivity index (χ3n) is 3.11. The monoisotopic (exact) mass is 290 g/mol. The summed E-state index contributed by atoms with van der Waals surface area (Å²) in [5.41, 5.74) is 2.05. The highest BCUT2D eigenvalue weighted by Crippen LogP contribution is 2.27. The quantitative estimate of drug-likeness (QED) is 0.746. The average molecular weight is 291 g/mol. The van der Waals surface area contributed by atoms with Crippen molar-refractivity contribution in [3.63, 3.8) is 0 Å². The fourth-order valence-corrected chi connectivity index (χ4v) is 2.03. The molecule has 0 N–H and O–H groups in total. The minimum Gasteiger partial charge on any atom is -0.439 e. The van der Waals surface area contributed by atoms with E-state index in [-0.39, 0.29) is 0 Å². The Morgan fingerprint density at radius 1 is 1.10 bits per heavy atom. The summed E-state index contributed by atoms with van der Waals surface area (Å²) in [6.07, 6.45) is 2.79. The lowest BCUT2D eigenvalue weighted by Crippen LogP contribution is -2.01. The van der Waals surface area contributed by atoms with Gasteiger partial charge >= 0.3 is 0 Å². The van der Waals surface area contributed by atoms with Gasteiger partial charge in [0, 0.05) is 12.0 Å². The standard InChI is InChI=1S/C16H19ClN2O/c1-4-6-14-18-15(17)11(3)16(19-14)20-13-9-7-12(5-2)8-10-13/h7-10H,4-6H2,1-3H3. The maximum Gasteiger partial charge on any atom is 0.226 e. The molecule has 0 aliphatic heterocycles. The summed E-state index contributed by atoms with van der Waals surface area (Å²) < 4.78 is 5.84. The molecule has 3 nitrogen and oxygen atoms in total. The second kappa shape index (κ2) is 6.71. The van der Waals surface area contributed by atoms with E-state index in [1.807, 2.05) is 19.1 Å². The van der Waals surface area contributed by atoms with Crippen molar-refractivity contribution >= 4 is 11.6 Å². The van der Waals surface area contributed by atoms with Crippen molar-refractivity contribution in [3.8, 4) is 11.6 Å². The minimum atomic E-state index is 0.462. The fourth-order valence-electron chi connectivity index (χ4n) is 1.85. The van der Waals surface area contributed by atoms with Crippen molar-refractivity contribution in [1.82, 2.24) is 9.97 Å². The Hall–Kier alpha value is -1.61. The molecule has 2 aromatic rings. The molecule has 1 heterocycles. The molecule has 0 aliphatic rings. The van der Waals surface area contributed by atoms with Gasteiger partial charge in [0.15, 0.2) is 0 Å². The van der Waals surface area contributed by atoms with Crippen molar-refractivity contribution < 1.29 is 4.74 Å². The van der Waals surface area contributed by atoms with Crippen LogP contribution in [0.5, 0.6) is 11.6 Å². The molecule has 1 aromatic heterocycles. The van der Waals surface area contributed by atoms with Crippen molar-refractivity contribution in [2.75, 3.05) is 0 Å². The van der Waals surface area contributed by atoms with Crippen LogP contribution in [0.4, 0.5) is 0 Å². The van der Waals surface area contributed by atoms with Crippen LogP contribution in [0, 0.1) is 6.92 Å². The van der Waals surface area contributed by atoms with Crippen LogP contribution in [-0.4, -0.2) is 9.97 Å². The number of aryl methyl sites for hydroxylation is 2. The Morgan fingerprint density at radius 2 is 1.80 bits per heavy atom. The van der Waals surface area contributed by atoms with Gasteiger partial charge in [-0.1, -0.05) is 37.6 Å². The summed E-state index contributed by atoms with van der Waals surface area (Å²) in [6.45, 7) is 6.08. The van der Waals surface area contributed by atoms with Crippen LogP contribution in [-0.2, 0) is 12.8 Å². The molecule has 0 atom stereocenters. The highest BCUT2D eigenvalue weighted by atomic mass is 35.5. The SMILES string of the molecule is CCCc1nc(Cl)c(C)c(Oc2ccc(CC)cc2)n1. The lowest BCUT2D eigenvalue weighted by Gasteiger charge is -2.10. The van der Waals surface area contributed by atoms with Crippen LogP contribution < -0.4 is 4.74 Å². The molecular formula is C16H19ClN2O. The molecule has 0 saturated heterocycles. The molecule has 0 fully saturated rings. The zero-order chi connectivity index (χ0) is 14.5. The second-order valence-corrected chi connectivity index (χ2v) is 5.07. The lowest BCUT2D eigenvalue weighted by molar-refractivity contribution is 0.454. The van der Waals surface area contributed by atoms with Gasteiger partial charge in [0.05, 0.1) is 0 Å². The van der Waals surface area contributed by atoms with Gasteiger partial charge in [-0.2, -0.15) is 4.98 Å². The molecule has 0 aliphatic carbocycles. The van der Waals surface area contributed by atoms with E-state index in [0.717, 1.165) is 36.4 Å². The lowest BCUT2D eigenvalue weighted by atomic mass is 10.2. The second-order valence-electron chi connectivity index (χ2n) is 4.71. The number of hydrogen-bond donors (Lipinski definition) is 0. The van der Waals surface area contributed by atoms with Gasteiger partial charge in [-0.3, -0.25) is 0 Å². The van der Waals surface area contributed by atoms with E-state index >= 15 is 0 Å². The summed E-state index contributed by atoms with van der Waals surface area (Å²) in [4.78, 5) is 8.71. The first-order valence-electron chi connectivity index (χ1n) is 6.93. The Labute approximate surface area is 125 Å². The molecule has 4 heteroatoms. The van der Waals surface area contributed by atoms with Crippen molar-refractivity contribution in [1.29, 1.82) is 0 Å². The number of ether oxygens (including phenoxy) is 1. The van der Waals surface area contributed by atoms with Gasteiger partial charge in [0.2, 0.25) is 5.88 Å². The van der Waals surface area contributed by atoms with E-state index in [0.29, 0.717) is 11.0 Å². The van der Waals surface area contributed by atoms with Crippen LogP contribution in [0.2, 0.25) is 5.15 Å². The predicted molar refractivity (Wildman–Crippen MR) is 81.7 cm³/mol. The molecule has 0 radical (unpaired) electrons. The van der Waals surface area contributed by atoms with E-state index in [9.17, 15) is 0 Å². The molecule has 0 spiro atoms. The normalized spacial score (nSPS) is 10.6. The van der Waals surface area contributed by atoms with E-state index in [1.165, 1.54) is 5.56 Å². The summed E-state index contributed by atoms with van der Waals surface area (Å²) >= 11 is 6.14. The zero-order valence-electron chi connectivity index (χ0n) is 12.1. The fraction of sp³-hybridized carbons (Fsp3) is 0.375. The van der Waals surface area contributed by atoms with E-state index in [1.54, 1.807) is 0 Å². The highest BCUT2D eigenvalue weighted by Gasteiger charge is 2.11. The predicted octanol–water partition coefficient (Wildman–Crippen LogP) is 4.75. The summed E-state index contributed by atoms with van der Waals surface area (Å²) in [5, 5.41) is 0.462. The molecule has 0 amide bonds. The highest BCUT2D eigenvalue weighted by molar-refractivity contribution is 6.30. The van der Waals surface area contributed by atoms with Gasteiger partial charge in [0.25, 0.3) is 0 Å². The molecule has 0 bridgehead atoms. The first kappa shape index (κ1) is 14.8. The Bertz CT molecular complexity index is 582. The van der Waals surface area contributed by atoms with E-state index < -0.39 is 0 Å². The Kier molecular flexibility index (Phi) is 4.96. The summed E-state index contributed by atoms with van der Waals surface area (Å²) in [7, 11) is 0. The van der Waals surface area contributed by atoms with Crippen LogP contribution in [0.3, 0.4) is 0 Å². The van der Waals surface area contributed by atoms with Gasteiger partial charge in [0.1, 0.15) is 16.7 Å². The number of nitrogens with zero attached hydrogens (tertiary/aromatic N) is 2. The third-order valence-corrected chi connectivity index (χ3v) is 3.48. The number of aromatic nitrogens is 2. The van der Waals surface area contributed by atoms with Crippen LogP contribution in [0.25, 0.3) is 0 Å². The Morgan fingerprint density at radius 3 is 2.40 bits per heavy atom. The van der Waals surface area contributed by atoms with E-state index in [2.05, 4.69) is 35.9 Å². The molecule has 106 valence electrons. The van der Waals surface area contributed by atoms with E-state index in [4.69, 9.17) is 16.3 Å². The zero-order valence-corrected chi connectivity index (χ0v) is 12.9. The molecule has 2 rings (SSSR count). The van der Waals surface area contributed by atoms with Crippen molar-refractivity contribution in [2.24, 2.45) is 0 Å². The van der Waals surface area contributed by atoms with Crippen molar-refractivity contribution in [2.45, 2.75) is 40.0 Å². The van der Waals surface area contributed by atoms with Gasteiger partial charge in [-0.05, 0) is 37.5 Å². The smallest absolute Gasteiger partial charge is 0.226 e.